The standard InChI is InChI=1S/C24H23N3O3S/c1-16-10-21-22(11-17(16)2)31-24(26-21)27(14-18-6-5-9-25-13-18)23(28)15-30-20-8-4-7-19(12-20)29-3/h4-13H,14-15H2,1-3H3. The Morgan fingerprint density at radius 2 is 1.87 bits per heavy atom. The van der Waals surface area contributed by atoms with Gasteiger partial charge < -0.3 is 9.47 Å². The van der Waals surface area contributed by atoms with Crippen LogP contribution in [0.4, 0.5) is 5.13 Å². The fourth-order valence-corrected chi connectivity index (χ4v) is 4.20. The molecule has 0 N–H and O–H groups in total. The van der Waals surface area contributed by atoms with Crippen LogP contribution in [0.5, 0.6) is 11.5 Å². The number of fused-ring (bicyclic) bond motifs is 1. The molecule has 31 heavy (non-hydrogen) atoms. The van der Waals surface area contributed by atoms with Gasteiger partial charge in [0.1, 0.15) is 11.5 Å². The highest BCUT2D eigenvalue weighted by molar-refractivity contribution is 7.22. The average molecular weight is 434 g/mol. The maximum Gasteiger partial charge on any atom is 0.267 e. The maximum absolute atomic E-state index is 13.2. The first kappa shape index (κ1) is 20.8. The van der Waals surface area contributed by atoms with Crippen LogP contribution in [0, 0.1) is 13.8 Å². The monoisotopic (exact) mass is 433 g/mol. The summed E-state index contributed by atoms with van der Waals surface area (Å²) in [5, 5.41) is 0.642. The Morgan fingerprint density at radius 1 is 1.06 bits per heavy atom. The lowest BCUT2D eigenvalue weighted by Crippen LogP contribution is -2.34. The van der Waals surface area contributed by atoms with Crippen LogP contribution in [0.3, 0.4) is 0 Å². The molecule has 2 aromatic carbocycles. The Labute approximate surface area is 185 Å². The van der Waals surface area contributed by atoms with Crippen LogP contribution in [0.25, 0.3) is 10.2 Å². The normalized spacial score (nSPS) is 10.8. The molecule has 1 amide bonds. The number of thiazole rings is 1. The fraction of sp³-hybridized carbons (Fsp3) is 0.208. The van der Waals surface area contributed by atoms with Crippen LogP contribution in [0.2, 0.25) is 0 Å². The summed E-state index contributed by atoms with van der Waals surface area (Å²) in [7, 11) is 1.59. The average Bonchev–Trinajstić information content (AvgIpc) is 3.19. The molecule has 4 rings (SSSR count). The van der Waals surface area contributed by atoms with E-state index in [1.807, 2.05) is 24.3 Å². The van der Waals surface area contributed by atoms with Crippen molar-refractivity contribution < 1.29 is 14.3 Å². The topological polar surface area (TPSA) is 64.6 Å². The summed E-state index contributed by atoms with van der Waals surface area (Å²) >= 11 is 1.50. The first-order valence-corrected chi connectivity index (χ1v) is 10.7. The van der Waals surface area contributed by atoms with Gasteiger partial charge in [0.25, 0.3) is 5.91 Å². The van der Waals surface area contributed by atoms with E-state index in [1.54, 1.807) is 36.5 Å². The molecule has 0 spiro atoms. The van der Waals surface area contributed by atoms with Gasteiger partial charge >= 0.3 is 0 Å². The zero-order valence-corrected chi connectivity index (χ0v) is 18.5. The molecule has 158 valence electrons. The lowest BCUT2D eigenvalue weighted by Gasteiger charge is -2.20. The number of aromatic nitrogens is 2. The minimum absolute atomic E-state index is 0.110. The number of carbonyl (C=O) groups is 1. The van der Waals surface area contributed by atoms with E-state index in [0.29, 0.717) is 23.2 Å². The number of rotatable bonds is 7. The molecule has 0 aliphatic rings. The van der Waals surface area contributed by atoms with E-state index in [9.17, 15) is 4.79 Å². The zero-order valence-electron chi connectivity index (χ0n) is 17.7. The Hall–Kier alpha value is -3.45. The van der Waals surface area contributed by atoms with Gasteiger partial charge in [-0.1, -0.05) is 23.5 Å². The lowest BCUT2D eigenvalue weighted by molar-refractivity contribution is -0.120. The van der Waals surface area contributed by atoms with E-state index < -0.39 is 0 Å². The molecular weight excluding hydrogens is 410 g/mol. The molecule has 6 nitrogen and oxygen atoms in total. The predicted molar refractivity (Wildman–Crippen MR) is 123 cm³/mol. The van der Waals surface area contributed by atoms with E-state index in [1.165, 1.54) is 22.5 Å². The Bertz CT molecular complexity index is 1170. The molecule has 2 aromatic heterocycles. The SMILES string of the molecule is COc1cccc(OCC(=O)N(Cc2cccnc2)c2nc3cc(C)c(C)cc3s2)c1. The number of anilines is 1. The number of carbonyl (C=O) groups excluding carboxylic acids is 1. The Morgan fingerprint density at radius 3 is 2.65 bits per heavy atom. The van der Waals surface area contributed by atoms with E-state index in [2.05, 4.69) is 31.0 Å². The summed E-state index contributed by atoms with van der Waals surface area (Å²) in [5.41, 5.74) is 4.19. The molecule has 0 bridgehead atoms. The number of aryl methyl sites for hydroxylation is 2. The summed E-state index contributed by atoms with van der Waals surface area (Å²) in [4.78, 5) is 23.8. The van der Waals surface area contributed by atoms with Gasteiger partial charge in [0.05, 0.1) is 23.9 Å². The van der Waals surface area contributed by atoms with Crippen molar-refractivity contribution in [1.82, 2.24) is 9.97 Å². The molecule has 0 fully saturated rings. The molecule has 0 aliphatic heterocycles. The Balaban J connectivity index is 1.61. The third kappa shape index (κ3) is 4.83. The molecule has 2 heterocycles. The predicted octanol–water partition coefficient (Wildman–Crippen LogP) is 4.93. The van der Waals surface area contributed by atoms with Crippen LogP contribution in [-0.4, -0.2) is 29.6 Å². The number of methoxy groups -OCH3 is 1. The van der Waals surface area contributed by atoms with Gasteiger partial charge in [0.15, 0.2) is 11.7 Å². The van der Waals surface area contributed by atoms with E-state index in [0.717, 1.165) is 15.8 Å². The van der Waals surface area contributed by atoms with Crippen LogP contribution in [0.1, 0.15) is 16.7 Å². The van der Waals surface area contributed by atoms with Crippen molar-refractivity contribution in [1.29, 1.82) is 0 Å². The highest BCUT2D eigenvalue weighted by Gasteiger charge is 2.21. The highest BCUT2D eigenvalue weighted by atomic mass is 32.1. The van der Waals surface area contributed by atoms with Gasteiger partial charge in [-0.25, -0.2) is 4.98 Å². The number of pyridine rings is 1. The molecule has 0 aliphatic carbocycles. The minimum Gasteiger partial charge on any atom is -0.497 e. The van der Waals surface area contributed by atoms with Crippen molar-refractivity contribution >= 4 is 32.6 Å². The van der Waals surface area contributed by atoms with Crippen LogP contribution >= 0.6 is 11.3 Å². The minimum atomic E-state index is -0.181. The van der Waals surface area contributed by atoms with Crippen molar-refractivity contribution in [2.75, 3.05) is 18.6 Å². The number of nitrogens with zero attached hydrogens (tertiary/aromatic N) is 3. The quantitative estimate of drug-likeness (QED) is 0.414. The molecule has 0 atom stereocenters. The first-order chi connectivity index (χ1) is 15.0. The van der Waals surface area contributed by atoms with Crippen molar-refractivity contribution in [3.05, 3.63) is 77.6 Å². The second kappa shape index (κ2) is 9.14. The van der Waals surface area contributed by atoms with Gasteiger partial charge in [-0.15, -0.1) is 0 Å². The summed E-state index contributed by atoms with van der Waals surface area (Å²) in [6.45, 7) is 4.40. The third-order valence-corrected chi connectivity index (χ3v) is 6.03. The lowest BCUT2D eigenvalue weighted by atomic mass is 10.1. The molecule has 0 saturated heterocycles. The summed E-state index contributed by atoms with van der Waals surface area (Å²) < 4.78 is 12.0. The van der Waals surface area contributed by atoms with E-state index >= 15 is 0 Å². The molecule has 0 radical (unpaired) electrons. The van der Waals surface area contributed by atoms with Gasteiger partial charge in [-0.05, 0) is 60.9 Å². The molecule has 4 aromatic rings. The molecule has 0 saturated carbocycles. The van der Waals surface area contributed by atoms with Crippen LogP contribution in [-0.2, 0) is 11.3 Å². The van der Waals surface area contributed by atoms with Gasteiger partial charge in [-0.3, -0.25) is 14.7 Å². The maximum atomic E-state index is 13.2. The van der Waals surface area contributed by atoms with Crippen LogP contribution in [0.15, 0.2) is 60.9 Å². The molecule has 0 unspecified atom stereocenters. The largest absolute Gasteiger partial charge is 0.497 e. The number of hydrogen-bond donors (Lipinski definition) is 0. The smallest absolute Gasteiger partial charge is 0.267 e. The molecule has 7 heteroatoms. The summed E-state index contributed by atoms with van der Waals surface area (Å²) in [6, 6.07) is 15.2. The van der Waals surface area contributed by atoms with Gasteiger partial charge in [0.2, 0.25) is 0 Å². The van der Waals surface area contributed by atoms with Crippen molar-refractivity contribution in [3.8, 4) is 11.5 Å². The van der Waals surface area contributed by atoms with Crippen molar-refractivity contribution in [3.63, 3.8) is 0 Å². The third-order valence-electron chi connectivity index (χ3n) is 4.99. The number of hydrogen-bond acceptors (Lipinski definition) is 6. The second-order valence-electron chi connectivity index (χ2n) is 7.21. The highest BCUT2D eigenvalue weighted by Crippen LogP contribution is 2.32. The van der Waals surface area contributed by atoms with Gasteiger partial charge in [-0.2, -0.15) is 0 Å². The number of amides is 1. The number of benzene rings is 2. The van der Waals surface area contributed by atoms with Gasteiger partial charge in [0, 0.05) is 18.5 Å². The van der Waals surface area contributed by atoms with E-state index in [-0.39, 0.29) is 12.5 Å². The van der Waals surface area contributed by atoms with Crippen molar-refractivity contribution in [2.24, 2.45) is 0 Å². The zero-order chi connectivity index (χ0) is 21.8. The van der Waals surface area contributed by atoms with E-state index in [4.69, 9.17) is 14.5 Å². The fourth-order valence-electron chi connectivity index (χ4n) is 3.13. The first-order valence-electron chi connectivity index (χ1n) is 9.87. The summed E-state index contributed by atoms with van der Waals surface area (Å²) in [6.07, 6.45) is 3.47. The molecular formula is C24H23N3O3S. The van der Waals surface area contributed by atoms with Crippen LogP contribution < -0.4 is 14.4 Å². The second-order valence-corrected chi connectivity index (χ2v) is 8.22. The Kier molecular flexibility index (Phi) is 6.13. The summed E-state index contributed by atoms with van der Waals surface area (Å²) in [5.74, 6) is 1.07. The van der Waals surface area contributed by atoms with Crippen molar-refractivity contribution in [2.45, 2.75) is 20.4 Å². The number of ether oxygens (including phenoxy) is 2.